The molecule has 0 aromatic carbocycles. The predicted octanol–water partition coefficient (Wildman–Crippen LogP) is 0.254. The van der Waals surface area contributed by atoms with E-state index in [0.29, 0.717) is 12.8 Å². The average molecular weight is 223 g/mol. The summed E-state index contributed by atoms with van der Waals surface area (Å²) < 4.78 is 25.7. The molecular formula is C8H17NO4S. The molecule has 1 amide bonds. The number of nitrogens with two attached hydrogens (primary N) is 1. The van der Waals surface area contributed by atoms with Gasteiger partial charge in [0.05, 0.1) is 12.9 Å². The molecule has 0 aliphatic rings. The van der Waals surface area contributed by atoms with Gasteiger partial charge in [0.15, 0.2) is 0 Å². The monoisotopic (exact) mass is 223 g/mol. The van der Waals surface area contributed by atoms with Crippen molar-refractivity contribution >= 4 is 16.0 Å². The molecule has 1 atom stereocenters. The Balaban J connectivity index is 3.89. The third-order valence-corrected chi connectivity index (χ3v) is 2.40. The van der Waals surface area contributed by atoms with Crippen molar-refractivity contribution in [2.24, 2.45) is 11.7 Å². The van der Waals surface area contributed by atoms with Crippen LogP contribution in [0.15, 0.2) is 0 Å². The highest BCUT2D eigenvalue weighted by Crippen LogP contribution is 2.10. The van der Waals surface area contributed by atoms with Gasteiger partial charge in [0.2, 0.25) is 5.91 Å². The van der Waals surface area contributed by atoms with E-state index >= 15 is 0 Å². The van der Waals surface area contributed by atoms with Crippen LogP contribution >= 0.6 is 0 Å². The van der Waals surface area contributed by atoms with Crippen molar-refractivity contribution in [1.82, 2.24) is 0 Å². The van der Waals surface area contributed by atoms with Crippen molar-refractivity contribution in [3.63, 3.8) is 0 Å². The smallest absolute Gasteiger partial charge is 0.264 e. The van der Waals surface area contributed by atoms with Crippen LogP contribution in [0.1, 0.15) is 26.2 Å². The average Bonchev–Trinajstić information content (AvgIpc) is 2.00. The number of carbonyl (C=O) groups excluding carboxylic acids is 1. The summed E-state index contributed by atoms with van der Waals surface area (Å²) in [5, 5.41) is 0. The first-order valence-corrected chi connectivity index (χ1v) is 6.32. The van der Waals surface area contributed by atoms with E-state index in [1.807, 2.05) is 6.92 Å². The van der Waals surface area contributed by atoms with Crippen molar-refractivity contribution in [2.45, 2.75) is 26.2 Å². The lowest BCUT2D eigenvalue weighted by molar-refractivity contribution is -0.122. The molecule has 2 N–H and O–H groups in total. The summed E-state index contributed by atoms with van der Waals surface area (Å²) in [7, 11) is -3.41. The summed E-state index contributed by atoms with van der Waals surface area (Å²) in [6.45, 7) is 1.96. The Labute approximate surface area is 84.7 Å². The molecule has 0 saturated carbocycles. The third-order valence-electron chi connectivity index (χ3n) is 1.80. The van der Waals surface area contributed by atoms with Gasteiger partial charge in [-0.3, -0.25) is 8.98 Å². The predicted molar refractivity (Wildman–Crippen MR) is 53.0 cm³/mol. The standard InChI is InChI=1S/C8H17NO4S/c1-3-4-7(8(9)10)5-6-13-14(2,11)12/h7H,3-6H2,1-2H3,(H2,9,10). The van der Waals surface area contributed by atoms with Crippen molar-refractivity contribution < 1.29 is 17.4 Å². The second-order valence-corrected chi connectivity index (χ2v) is 4.85. The maximum Gasteiger partial charge on any atom is 0.264 e. The van der Waals surface area contributed by atoms with E-state index in [-0.39, 0.29) is 12.5 Å². The second-order valence-electron chi connectivity index (χ2n) is 3.20. The molecule has 0 heterocycles. The summed E-state index contributed by atoms with van der Waals surface area (Å²) in [5.41, 5.74) is 5.13. The van der Waals surface area contributed by atoms with Gasteiger partial charge in [-0.1, -0.05) is 13.3 Å². The summed E-state index contributed by atoms with van der Waals surface area (Å²) in [6.07, 6.45) is 2.84. The lowest BCUT2D eigenvalue weighted by atomic mass is 10.00. The van der Waals surface area contributed by atoms with Gasteiger partial charge in [0.25, 0.3) is 10.1 Å². The Morgan fingerprint density at radius 2 is 2.00 bits per heavy atom. The molecule has 0 aromatic rings. The Hall–Kier alpha value is -0.620. The van der Waals surface area contributed by atoms with E-state index in [9.17, 15) is 13.2 Å². The van der Waals surface area contributed by atoms with Gasteiger partial charge in [-0.2, -0.15) is 8.42 Å². The van der Waals surface area contributed by atoms with Crippen LogP contribution in [0, 0.1) is 5.92 Å². The Kier molecular flexibility index (Phi) is 5.71. The van der Waals surface area contributed by atoms with Crippen LogP contribution in [0.2, 0.25) is 0 Å². The molecule has 5 nitrogen and oxygen atoms in total. The Bertz CT molecular complexity index is 273. The largest absolute Gasteiger partial charge is 0.369 e. The van der Waals surface area contributed by atoms with E-state index in [1.165, 1.54) is 0 Å². The van der Waals surface area contributed by atoms with Gasteiger partial charge in [-0.15, -0.1) is 0 Å². The quantitative estimate of drug-likeness (QED) is 0.627. The van der Waals surface area contributed by atoms with Crippen LogP contribution in [-0.4, -0.2) is 27.2 Å². The lowest BCUT2D eigenvalue weighted by Gasteiger charge is -2.10. The van der Waals surface area contributed by atoms with E-state index in [4.69, 9.17) is 5.73 Å². The fourth-order valence-electron chi connectivity index (χ4n) is 1.12. The molecular weight excluding hydrogens is 206 g/mol. The van der Waals surface area contributed by atoms with Gasteiger partial charge in [-0.05, 0) is 12.8 Å². The minimum atomic E-state index is -3.41. The van der Waals surface area contributed by atoms with Crippen LogP contribution in [0.4, 0.5) is 0 Å². The summed E-state index contributed by atoms with van der Waals surface area (Å²) >= 11 is 0. The molecule has 0 bridgehead atoms. The van der Waals surface area contributed by atoms with Crippen LogP contribution in [0.3, 0.4) is 0 Å². The summed E-state index contributed by atoms with van der Waals surface area (Å²) in [4.78, 5) is 10.9. The van der Waals surface area contributed by atoms with Crippen LogP contribution in [0.5, 0.6) is 0 Å². The first-order valence-electron chi connectivity index (χ1n) is 4.50. The minimum absolute atomic E-state index is 0.0203. The van der Waals surface area contributed by atoms with Crippen LogP contribution < -0.4 is 5.73 Å². The van der Waals surface area contributed by atoms with E-state index in [1.54, 1.807) is 0 Å². The van der Waals surface area contributed by atoms with Gasteiger partial charge < -0.3 is 5.73 Å². The molecule has 0 rings (SSSR count). The first kappa shape index (κ1) is 13.4. The van der Waals surface area contributed by atoms with Gasteiger partial charge in [-0.25, -0.2) is 0 Å². The fraction of sp³-hybridized carbons (Fsp3) is 0.875. The maximum atomic E-state index is 10.9. The van der Waals surface area contributed by atoms with Gasteiger partial charge in [0, 0.05) is 5.92 Å². The molecule has 0 fully saturated rings. The topological polar surface area (TPSA) is 86.5 Å². The highest BCUT2D eigenvalue weighted by atomic mass is 32.2. The number of primary amides is 1. The molecule has 0 saturated heterocycles. The highest BCUT2D eigenvalue weighted by Gasteiger charge is 2.14. The van der Waals surface area contributed by atoms with Crippen molar-refractivity contribution in [1.29, 1.82) is 0 Å². The number of carbonyl (C=O) groups is 1. The van der Waals surface area contributed by atoms with Crippen LogP contribution in [0.25, 0.3) is 0 Å². The number of amides is 1. The zero-order chi connectivity index (χ0) is 11.2. The molecule has 0 aliphatic carbocycles. The normalized spacial score (nSPS) is 13.9. The molecule has 1 unspecified atom stereocenters. The van der Waals surface area contributed by atoms with Crippen molar-refractivity contribution in [2.75, 3.05) is 12.9 Å². The van der Waals surface area contributed by atoms with E-state index in [2.05, 4.69) is 4.18 Å². The summed E-state index contributed by atoms with van der Waals surface area (Å²) in [6, 6.07) is 0. The number of hydrogen-bond acceptors (Lipinski definition) is 4. The van der Waals surface area contributed by atoms with Crippen molar-refractivity contribution in [3.8, 4) is 0 Å². The molecule has 0 aromatic heterocycles. The SMILES string of the molecule is CCCC(CCOS(C)(=O)=O)C(N)=O. The molecule has 84 valence electrons. The summed E-state index contributed by atoms with van der Waals surface area (Å²) in [5.74, 6) is -0.689. The third kappa shape index (κ3) is 6.85. The number of hydrogen-bond donors (Lipinski definition) is 1. The molecule has 14 heavy (non-hydrogen) atoms. The molecule has 6 heteroatoms. The molecule has 0 spiro atoms. The number of rotatable bonds is 7. The zero-order valence-electron chi connectivity index (χ0n) is 8.52. The highest BCUT2D eigenvalue weighted by molar-refractivity contribution is 7.85. The Morgan fingerprint density at radius 3 is 2.36 bits per heavy atom. The van der Waals surface area contributed by atoms with E-state index in [0.717, 1.165) is 12.7 Å². The molecule has 0 radical (unpaired) electrons. The zero-order valence-corrected chi connectivity index (χ0v) is 9.34. The second kappa shape index (κ2) is 5.98. The Morgan fingerprint density at radius 1 is 1.43 bits per heavy atom. The molecule has 0 aliphatic heterocycles. The van der Waals surface area contributed by atoms with Gasteiger partial charge in [0.1, 0.15) is 0 Å². The fourth-order valence-corrected chi connectivity index (χ4v) is 1.52. The lowest BCUT2D eigenvalue weighted by Crippen LogP contribution is -2.24. The van der Waals surface area contributed by atoms with Crippen molar-refractivity contribution in [3.05, 3.63) is 0 Å². The maximum absolute atomic E-state index is 10.9. The van der Waals surface area contributed by atoms with Gasteiger partial charge >= 0.3 is 0 Å². The first-order chi connectivity index (χ1) is 6.37. The minimum Gasteiger partial charge on any atom is -0.369 e. The van der Waals surface area contributed by atoms with E-state index < -0.39 is 16.0 Å². The van der Waals surface area contributed by atoms with Crippen LogP contribution in [-0.2, 0) is 19.1 Å².